The second-order valence-electron chi connectivity index (χ2n) is 14.7. The van der Waals surface area contributed by atoms with Gasteiger partial charge in [-0.05, 0) is 90.0 Å². The predicted octanol–water partition coefficient (Wildman–Crippen LogP) is 15.6. The highest BCUT2D eigenvalue weighted by molar-refractivity contribution is 6.27. The van der Waals surface area contributed by atoms with Crippen molar-refractivity contribution in [3.05, 3.63) is 194 Å². The maximum absolute atomic E-state index is 6.87. The Morgan fingerprint density at radius 2 is 0.768 bits per heavy atom. The Bertz CT molecular complexity index is 3470. The molecule has 12 aromatic rings. The van der Waals surface area contributed by atoms with Crippen LogP contribution >= 0.6 is 0 Å². The van der Waals surface area contributed by atoms with E-state index in [1.807, 2.05) is 12.1 Å². The number of rotatable bonds is 4. The third-order valence-electron chi connectivity index (χ3n) is 11.7. The summed E-state index contributed by atoms with van der Waals surface area (Å²) in [4.78, 5) is 0. The Hall–Kier alpha value is -7.42. The highest BCUT2D eigenvalue weighted by Gasteiger charge is 2.23. The molecular weight excluding hydrogens is 681 g/mol. The van der Waals surface area contributed by atoms with E-state index in [1.54, 1.807) is 0 Å². The molecular formula is C54H32O2. The summed E-state index contributed by atoms with van der Waals surface area (Å²) in [6.45, 7) is 0. The number of furan rings is 2. The standard InChI is InChI=1S/C54H32O2/c1-2-13-36-32-37(29-26-33(36)12-1)34-24-27-35(28-25-34)50-39-15-3-5-17-41(39)51(42-18-6-4-16-40(42)50)47-31-30-45(54-52(47)46-19-8-10-23-49(46)56-54)44-21-11-20-43-38-14-7-9-22-48(38)55-53(43)44/h1-32H. The van der Waals surface area contributed by atoms with Crippen molar-refractivity contribution < 1.29 is 8.83 Å². The maximum atomic E-state index is 6.87. The lowest BCUT2D eigenvalue weighted by Gasteiger charge is -2.19. The molecule has 260 valence electrons. The third-order valence-corrected chi connectivity index (χ3v) is 11.7. The van der Waals surface area contributed by atoms with E-state index in [0.717, 1.165) is 60.6 Å². The van der Waals surface area contributed by atoms with E-state index >= 15 is 0 Å². The maximum Gasteiger partial charge on any atom is 0.144 e. The van der Waals surface area contributed by atoms with E-state index < -0.39 is 0 Å². The van der Waals surface area contributed by atoms with Crippen LogP contribution in [0.4, 0.5) is 0 Å². The Morgan fingerprint density at radius 3 is 1.50 bits per heavy atom. The summed E-state index contributed by atoms with van der Waals surface area (Å²) in [5.41, 5.74) is 12.7. The van der Waals surface area contributed by atoms with Crippen LogP contribution in [-0.4, -0.2) is 0 Å². The van der Waals surface area contributed by atoms with Crippen LogP contribution in [0.25, 0.3) is 121 Å². The van der Waals surface area contributed by atoms with Crippen molar-refractivity contribution in [2.24, 2.45) is 0 Å². The number of fused-ring (bicyclic) bond motifs is 9. The van der Waals surface area contributed by atoms with Gasteiger partial charge in [0.15, 0.2) is 0 Å². The lowest BCUT2D eigenvalue weighted by Crippen LogP contribution is -1.92. The molecule has 0 atom stereocenters. The molecule has 0 spiro atoms. The van der Waals surface area contributed by atoms with E-state index in [2.05, 4.69) is 182 Å². The van der Waals surface area contributed by atoms with Gasteiger partial charge >= 0.3 is 0 Å². The van der Waals surface area contributed by atoms with E-state index in [4.69, 9.17) is 8.83 Å². The van der Waals surface area contributed by atoms with Gasteiger partial charge in [-0.1, -0.05) is 170 Å². The van der Waals surface area contributed by atoms with Crippen molar-refractivity contribution >= 4 is 76.2 Å². The monoisotopic (exact) mass is 712 g/mol. The fraction of sp³-hybridized carbons (Fsp3) is 0. The molecule has 2 heteroatoms. The first-order chi connectivity index (χ1) is 27.8. The number of para-hydroxylation sites is 3. The fourth-order valence-corrected chi connectivity index (χ4v) is 9.14. The summed E-state index contributed by atoms with van der Waals surface area (Å²) in [6.07, 6.45) is 0. The minimum atomic E-state index is 0.859. The van der Waals surface area contributed by atoms with Crippen LogP contribution < -0.4 is 0 Å². The Labute approximate surface area is 322 Å². The molecule has 0 aliphatic carbocycles. The van der Waals surface area contributed by atoms with Crippen LogP contribution in [-0.2, 0) is 0 Å². The van der Waals surface area contributed by atoms with Crippen LogP contribution in [0.15, 0.2) is 203 Å². The molecule has 0 saturated carbocycles. The summed E-state index contributed by atoms with van der Waals surface area (Å²) < 4.78 is 13.4. The number of hydrogen-bond acceptors (Lipinski definition) is 2. The van der Waals surface area contributed by atoms with Crippen molar-refractivity contribution in [2.45, 2.75) is 0 Å². The molecule has 0 bridgehead atoms. The van der Waals surface area contributed by atoms with E-state index in [0.29, 0.717) is 0 Å². The predicted molar refractivity (Wildman–Crippen MR) is 235 cm³/mol. The van der Waals surface area contributed by atoms with Crippen molar-refractivity contribution in [3.63, 3.8) is 0 Å². The molecule has 0 amide bonds. The molecule has 2 nitrogen and oxygen atoms in total. The van der Waals surface area contributed by atoms with Crippen LogP contribution in [0.3, 0.4) is 0 Å². The van der Waals surface area contributed by atoms with Gasteiger partial charge in [-0.2, -0.15) is 0 Å². The summed E-state index contributed by atoms with van der Waals surface area (Å²) in [6, 6.07) is 69.7. The molecule has 0 saturated heterocycles. The quantitative estimate of drug-likeness (QED) is 0.170. The van der Waals surface area contributed by atoms with Gasteiger partial charge in [0.05, 0.1) is 0 Å². The second kappa shape index (κ2) is 12.0. The minimum absolute atomic E-state index is 0.859. The van der Waals surface area contributed by atoms with Gasteiger partial charge in [-0.3, -0.25) is 0 Å². The van der Waals surface area contributed by atoms with Crippen molar-refractivity contribution in [2.75, 3.05) is 0 Å². The summed E-state index contributed by atoms with van der Waals surface area (Å²) >= 11 is 0. The van der Waals surface area contributed by atoms with Gasteiger partial charge in [0.25, 0.3) is 0 Å². The molecule has 0 radical (unpaired) electrons. The van der Waals surface area contributed by atoms with E-state index in [-0.39, 0.29) is 0 Å². The molecule has 0 unspecified atom stereocenters. The molecule has 10 aromatic carbocycles. The lowest BCUT2D eigenvalue weighted by molar-refractivity contribution is 0.665. The normalized spacial score (nSPS) is 11.9. The zero-order chi connectivity index (χ0) is 36.7. The lowest BCUT2D eigenvalue weighted by atomic mass is 9.84. The van der Waals surface area contributed by atoms with Crippen molar-refractivity contribution in [1.82, 2.24) is 0 Å². The van der Waals surface area contributed by atoms with Gasteiger partial charge < -0.3 is 8.83 Å². The largest absolute Gasteiger partial charge is 0.455 e. The number of hydrogen-bond donors (Lipinski definition) is 0. The van der Waals surface area contributed by atoms with Crippen LogP contribution in [0.2, 0.25) is 0 Å². The van der Waals surface area contributed by atoms with Gasteiger partial charge in [-0.15, -0.1) is 0 Å². The Kier molecular flexibility index (Phi) is 6.66. The summed E-state index contributed by atoms with van der Waals surface area (Å²) in [7, 11) is 0. The third kappa shape index (κ3) is 4.57. The molecule has 56 heavy (non-hydrogen) atoms. The van der Waals surface area contributed by atoms with Gasteiger partial charge in [0, 0.05) is 32.7 Å². The van der Waals surface area contributed by atoms with Crippen LogP contribution in [0.1, 0.15) is 0 Å². The molecule has 0 aliphatic heterocycles. The van der Waals surface area contributed by atoms with Gasteiger partial charge in [-0.25, -0.2) is 0 Å². The number of benzene rings is 10. The molecule has 0 N–H and O–H groups in total. The fourth-order valence-electron chi connectivity index (χ4n) is 9.14. The zero-order valence-corrected chi connectivity index (χ0v) is 30.3. The summed E-state index contributed by atoms with van der Waals surface area (Å²) in [5.74, 6) is 0. The molecule has 2 heterocycles. The van der Waals surface area contributed by atoms with Gasteiger partial charge in [0.1, 0.15) is 22.3 Å². The Morgan fingerprint density at radius 1 is 0.268 bits per heavy atom. The molecule has 2 aromatic heterocycles. The SMILES string of the molecule is c1ccc2cc(-c3ccc(-c4c5ccccc5c(-c5ccc(-c6cccc7c6oc6ccccc67)c6oc7ccccc7c56)c5ccccc45)cc3)ccc2c1. The van der Waals surface area contributed by atoms with Gasteiger partial charge in [0.2, 0.25) is 0 Å². The average Bonchev–Trinajstić information content (AvgIpc) is 3.85. The zero-order valence-electron chi connectivity index (χ0n) is 30.3. The summed E-state index contributed by atoms with van der Waals surface area (Å²) in [5, 5.41) is 11.8. The molecule has 12 rings (SSSR count). The first kappa shape index (κ1) is 31.0. The molecule has 0 fully saturated rings. The van der Waals surface area contributed by atoms with Crippen LogP contribution in [0, 0.1) is 0 Å². The average molecular weight is 713 g/mol. The topological polar surface area (TPSA) is 26.3 Å². The first-order valence-corrected chi connectivity index (χ1v) is 19.2. The Balaban J connectivity index is 1.10. The van der Waals surface area contributed by atoms with Crippen LogP contribution in [0.5, 0.6) is 0 Å². The highest BCUT2D eigenvalue weighted by atomic mass is 16.3. The molecule has 0 aliphatic rings. The van der Waals surface area contributed by atoms with E-state index in [9.17, 15) is 0 Å². The minimum Gasteiger partial charge on any atom is -0.455 e. The smallest absolute Gasteiger partial charge is 0.144 e. The second-order valence-corrected chi connectivity index (χ2v) is 14.7. The van der Waals surface area contributed by atoms with E-state index in [1.165, 1.54) is 60.1 Å². The van der Waals surface area contributed by atoms with Crippen molar-refractivity contribution in [1.29, 1.82) is 0 Å². The first-order valence-electron chi connectivity index (χ1n) is 19.2. The highest BCUT2D eigenvalue weighted by Crippen LogP contribution is 2.49. The van der Waals surface area contributed by atoms with Crippen molar-refractivity contribution in [3.8, 4) is 44.5 Å².